The summed E-state index contributed by atoms with van der Waals surface area (Å²) in [6, 6.07) is 8.64. The number of nitrogens with two attached hydrogens (primary N) is 1. The minimum absolute atomic E-state index is 0.0723. The number of carbonyl (C=O) groups is 2. The zero-order chi connectivity index (χ0) is 15.2. The predicted molar refractivity (Wildman–Crippen MR) is 80.6 cm³/mol. The third kappa shape index (κ3) is 3.72. The van der Waals surface area contributed by atoms with Crippen molar-refractivity contribution in [3.63, 3.8) is 0 Å². The summed E-state index contributed by atoms with van der Waals surface area (Å²) in [6.45, 7) is 4.62. The Morgan fingerprint density at radius 2 is 1.71 bits per heavy atom. The number of nitrogens with zero attached hydrogens (tertiary/aromatic N) is 2. The Morgan fingerprint density at radius 1 is 1.14 bits per heavy atom. The number of hydrogen-bond donors (Lipinski definition) is 2. The smallest absolute Gasteiger partial charge is 0.317 e. The SMILES string of the molecule is CCNC(=O)N1CCN(C(=O)[C@H](N)c2ccccc2)CC1. The van der Waals surface area contributed by atoms with Crippen molar-refractivity contribution < 1.29 is 9.59 Å². The molecule has 114 valence electrons. The monoisotopic (exact) mass is 290 g/mol. The van der Waals surface area contributed by atoms with E-state index in [4.69, 9.17) is 5.73 Å². The van der Waals surface area contributed by atoms with Crippen LogP contribution in [0.3, 0.4) is 0 Å². The zero-order valence-electron chi connectivity index (χ0n) is 12.3. The number of nitrogens with one attached hydrogen (secondary N) is 1. The van der Waals surface area contributed by atoms with Crippen LogP contribution < -0.4 is 11.1 Å². The van der Waals surface area contributed by atoms with Crippen molar-refractivity contribution >= 4 is 11.9 Å². The van der Waals surface area contributed by atoms with Gasteiger partial charge in [0, 0.05) is 32.7 Å². The lowest BCUT2D eigenvalue weighted by molar-refractivity contribution is -0.134. The second kappa shape index (κ2) is 7.08. The summed E-state index contributed by atoms with van der Waals surface area (Å²) in [7, 11) is 0. The number of urea groups is 1. The van der Waals surface area contributed by atoms with Gasteiger partial charge in [-0.3, -0.25) is 4.79 Å². The standard InChI is InChI=1S/C15H22N4O2/c1-2-17-15(21)19-10-8-18(9-11-19)14(20)13(16)12-6-4-3-5-7-12/h3-7,13H,2,8-11,16H2,1H3,(H,17,21)/t13-/m1/s1. The molecule has 1 aromatic carbocycles. The first-order valence-electron chi connectivity index (χ1n) is 7.25. The lowest BCUT2D eigenvalue weighted by atomic mass is 10.1. The van der Waals surface area contributed by atoms with Crippen LogP contribution in [-0.2, 0) is 4.79 Å². The molecule has 0 spiro atoms. The summed E-state index contributed by atoms with van der Waals surface area (Å²) in [5.74, 6) is -0.0863. The predicted octanol–water partition coefficient (Wildman–Crippen LogP) is 0.560. The van der Waals surface area contributed by atoms with Crippen LogP contribution in [0.5, 0.6) is 0 Å². The quantitative estimate of drug-likeness (QED) is 0.854. The van der Waals surface area contributed by atoms with E-state index in [0.717, 1.165) is 5.56 Å². The molecule has 1 aliphatic rings. The van der Waals surface area contributed by atoms with Crippen LogP contribution in [0.2, 0.25) is 0 Å². The van der Waals surface area contributed by atoms with Crippen LogP contribution in [-0.4, -0.2) is 54.5 Å². The second-order valence-corrected chi connectivity index (χ2v) is 5.04. The Morgan fingerprint density at radius 3 is 2.29 bits per heavy atom. The Bertz CT molecular complexity index is 484. The van der Waals surface area contributed by atoms with Crippen molar-refractivity contribution in [1.82, 2.24) is 15.1 Å². The molecular formula is C15H22N4O2. The first kappa shape index (κ1) is 15.3. The van der Waals surface area contributed by atoms with E-state index in [1.54, 1.807) is 9.80 Å². The minimum Gasteiger partial charge on any atom is -0.338 e. The van der Waals surface area contributed by atoms with Crippen molar-refractivity contribution in [2.45, 2.75) is 13.0 Å². The highest BCUT2D eigenvalue weighted by Crippen LogP contribution is 2.14. The molecule has 2 rings (SSSR count). The molecule has 0 unspecified atom stereocenters. The van der Waals surface area contributed by atoms with Crippen molar-refractivity contribution in [3.8, 4) is 0 Å². The van der Waals surface area contributed by atoms with E-state index in [0.29, 0.717) is 32.7 Å². The normalized spacial score (nSPS) is 16.5. The number of benzene rings is 1. The molecular weight excluding hydrogens is 268 g/mol. The van der Waals surface area contributed by atoms with Crippen LogP contribution in [0.15, 0.2) is 30.3 Å². The highest BCUT2D eigenvalue weighted by Gasteiger charge is 2.27. The highest BCUT2D eigenvalue weighted by molar-refractivity contribution is 5.83. The van der Waals surface area contributed by atoms with Crippen molar-refractivity contribution in [2.75, 3.05) is 32.7 Å². The lowest BCUT2D eigenvalue weighted by Crippen LogP contribution is -2.54. The van der Waals surface area contributed by atoms with Gasteiger partial charge >= 0.3 is 6.03 Å². The molecule has 1 atom stereocenters. The molecule has 6 nitrogen and oxygen atoms in total. The van der Waals surface area contributed by atoms with Crippen molar-refractivity contribution in [2.24, 2.45) is 5.73 Å². The molecule has 1 heterocycles. The Labute approximate surface area is 124 Å². The number of carbonyl (C=O) groups excluding carboxylic acids is 2. The molecule has 0 saturated carbocycles. The highest BCUT2D eigenvalue weighted by atomic mass is 16.2. The summed E-state index contributed by atoms with van der Waals surface area (Å²) in [5.41, 5.74) is 6.84. The third-order valence-corrected chi connectivity index (χ3v) is 3.63. The van der Waals surface area contributed by atoms with E-state index in [1.807, 2.05) is 37.3 Å². The van der Waals surface area contributed by atoms with Crippen LogP contribution in [0, 0.1) is 0 Å². The minimum atomic E-state index is -0.637. The van der Waals surface area contributed by atoms with Gasteiger partial charge in [0.2, 0.25) is 5.91 Å². The van der Waals surface area contributed by atoms with Gasteiger partial charge in [-0.1, -0.05) is 30.3 Å². The third-order valence-electron chi connectivity index (χ3n) is 3.63. The molecule has 0 aromatic heterocycles. The average molecular weight is 290 g/mol. The first-order valence-corrected chi connectivity index (χ1v) is 7.25. The van der Waals surface area contributed by atoms with Crippen LogP contribution in [0.1, 0.15) is 18.5 Å². The van der Waals surface area contributed by atoms with E-state index < -0.39 is 6.04 Å². The van der Waals surface area contributed by atoms with Gasteiger partial charge in [-0.2, -0.15) is 0 Å². The fourth-order valence-corrected chi connectivity index (χ4v) is 2.39. The van der Waals surface area contributed by atoms with Crippen LogP contribution >= 0.6 is 0 Å². The Balaban J connectivity index is 1.90. The van der Waals surface area contributed by atoms with Gasteiger partial charge in [0.15, 0.2) is 0 Å². The molecule has 0 radical (unpaired) electrons. The molecule has 3 N–H and O–H groups in total. The maximum absolute atomic E-state index is 12.4. The largest absolute Gasteiger partial charge is 0.338 e. The van der Waals surface area contributed by atoms with Gasteiger partial charge < -0.3 is 20.9 Å². The topological polar surface area (TPSA) is 78.7 Å². The van der Waals surface area contributed by atoms with E-state index in [1.165, 1.54) is 0 Å². The molecule has 1 saturated heterocycles. The van der Waals surface area contributed by atoms with Gasteiger partial charge in [0.25, 0.3) is 0 Å². The molecule has 21 heavy (non-hydrogen) atoms. The first-order chi connectivity index (χ1) is 10.1. The molecule has 0 bridgehead atoms. The summed E-state index contributed by atoms with van der Waals surface area (Å²) >= 11 is 0. The van der Waals surface area contributed by atoms with Crippen LogP contribution in [0.4, 0.5) is 4.79 Å². The van der Waals surface area contributed by atoms with Gasteiger partial charge in [0.05, 0.1) is 0 Å². The molecule has 1 aliphatic heterocycles. The zero-order valence-corrected chi connectivity index (χ0v) is 12.3. The van der Waals surface area contributed by atoms with E-state index in [-0.39, 0.29) is 11.9 Å². The van der Waals surface area contributed by atoms with E-state index in [9.17, 15) is 9.59 Å². The molecule has 6 heteroatoms. The maximum atomic E-state index is 12.4. The summed E-state index contributed by atoms with van der Waals surface area (Å²) in [4.78, 5) is 27.6. The lowest BCUT2D eigenvalue weighted by Gasteiger charge is -2.35. The fraction of sp³-hybridized carbons (Fsp3) is 0.467. The van der Waals surface area contributed by atoms with Gasteiger partial charge in [0.1, 0.15) is 6.04 Å². The second-order valence-electron chi connectivity index (χ2n) is 5.04. The number of amides is 3. The number of hydrogen-bond acceptors (Lipinski definition) is 3. The van der Waals surface area contributed by atoms with Gasteiger partial charge in [-0.05, 0) is 12.5 Å². The summed E-state index contributed by atoms with van der Waals surface area (Å²) < 4.78 is 0. The van der Waals surface area contributed by atoms with Crippen molar-refractivity contribution in [3.05, 3.63) is 35.9 Å². The number of rotatable bonds is 3. The molecule has 0 aliphatic carbocycles. The summed E-state index contributed by atoms with van der Waals surface area (Å²) in [5, 5.41) is 2.77. The molecule has 1 fully saturated rings. The van der Waals surface area contributed by atoms with E-state index in [2.05, 4.69) is 5.32 Å². The Hall–Kier alpha value is -2.08. The Kier molecular flexibility index (Phi) is 5.16. The van der Waals surface area contributed by atoms with Gasteiger partial charge in [-0.15, -0.1) is 0 Å². The molecule has 3 amide bonds. The van der Waals surface area contributed by atoms with Gasteiger partial charge in [-0.25, -0.2) is 4.79 Å². The summed E-state index contributed by atoms with van der Waals surface area (Å²) in [6.07, 6.45) is 0. The van der Waals surface area contributed by atoms with Crippen molar-refractivity contribution in [1.29, 1.82) is 0 Å². The fourth-order valence-electron chi connectivity index (χ4n) is 2.39. The maximum Gasteiger partial charge on any atom is 0.317 e. The number of piperazine rings is 1. The van der Waals surface area contributed by atoms with Crippen LogP contribution in [0.25, 0.3) is 0 Å². The van der Waals surface area contributed by atoms with E-state index >= 15 is 0 Å². The average Bonchev–Trinajstić information content (AvgIpc) is 2.54. The molecule has 1 aromatic rings.